The summed E-state index contributed by atoms with van der Waals surface area (Å²) in [5.74, 6) is -0.473. The first-order valence-corrected chi connectivity index (χ1v) is 8.41. The fraction of sp³-hybridized carbons (Fsp3) is 0.400. The number of carbonyl (C=O) groups excluding carboxylic acids is 2. The monoisotopic (exact) mass is 426 g/mol. The Morgan fingerprint density at radius 1 is 0.967 bits per heavy atom. The van der Waals surface area contributed by atoms with Gasteiger partial charge in [-0.1, -0.05) is 25.5 Å². The van der Waals surface area contributed by atoms with E-state index in [0.29, 0.717) is 0 Å². The molecular formula is C20H26O10. The fourth-order valence-corrected chi connectivity index (χ4v) is 1.04. The highest BCUT2D eigenvalue weighted by Gasteiger charge is 2.20. The second kappa shape index (κ2) is 14.7. The molecule has 5 N–H and O–H groups in total. The largest absolute Gasteiger partial charge is 0.478 e. The summed E-state index contributed by atoms with van der Waals surface area (Å²) >= 11 is 0. The van der Waals surface area contributed by atoms with Crippen molar-refractivity contribution in [3.8, 4) is 11.8 Å². The van der Waals surface area contributed by atoms with E-state index in [1.54, 1.807) is 6.92 Å². The van der Waals surface area contributed by atoms with Gasteiger partial charge in [0.05, 0.1) is 19.8 Å². The zero-order chi connectivity index (χ0) is 23.9. The molecule has 0 saturated carbocycles. The van der Waals surface area contributed by atoms with Crippen LogP contribution in [0.2, 0.25) is 0 Å². The van der Waals surface area contributed by atoms with E-state index in [2.05, 4.69) is 17.2 Å². The molecule has 0 amide bonds. The highest BCUT2D eigenvalue weighted by atomic mass is 16.6. The number of hydrogen-bond acceptors (Lipinski definition) is 8. The number of rotatable bonds is 8. The molecule has 0 saturated heterocycles. The number of aliphatic carboxylic acids is 2. The van der Waals surface area contributed by atoms with E-state index in [1.165, 1.54) is 19.9 Å². The van der Waals surface area contributed by atoms with Crippen molar-refractivity contribution in [2.24, 2.45) is 5.41 Å². The maximum Gasteiger partial charge on any atom is 0.392 e. The Morgan fingerprint density at radius 2 is 1.43 bits per heavy atom. The summed E-state index contributed by atoms with van der Waals surface area (Å²) in [6, 6.07) is 0. The minimum atomic E-state index is -1.19. The van der Waals surface area contributed by atoms with Gasteiger partial charge in [-0.15, -0.1) is 0 Å². The lowest BCUT2D eigenvalue weighted by Crippen LogP contribution is -2.29. The van der Waals surface area contributed by atoms with Crippen molar-refractivity contribution in [1.82, 2.24) is 0 Å². The topological polar surface area (TPSA) is 179 Å². The lowest BCUT2D eigenvalue weighted by Gasteiger charge is -2.20. The van der Waals surface area contributed by atoms with Gasteiger partial charge in [0.25, 0.3) is 0 Å². The fourth-order valence-electron chi connectivity index (χ4n) is 1.04. The van der Waals surface area contributed by atoms with Crippen LogP contribution in [0.15, 0.2) is 35.5 Å². The highest BCUT2D eigenvalue weighted by molar-refractivity contribution is 6.02. The van der Waals surface area contributed by atoms with Gasteiger partial charge in [0, 0.05) is 28.1 Å². The summed E-state index contributed by atoms with van der Waals surface area (Å²) in [5.41, 5.74) is -0.882. The SMILES string of the molecule is C=C(CC=C(C)C(=O)O)C(=O)OC(=O)C#CC=C(C)C(=O)O.CC(CO)(CO)CO. The molecule has 0 heterocycles. The van der Waals surface area contributed by atoms with Crippen molar-refractivity contribution in [2.75, 3.05) is 19.8 Å². The smallest absolute Gasteiger partial charge is 0.392 e. The van der Waals surface area contributed by atoms with Crippen LogP contribution in [0, 0.1) is 17.3 Å². The molecule has 0 spiro atoms. The molecule has 0 unspecified atom stereocenters. The molecular weight excluding hydrogens is 400 g/mol. The van der Waals surface area contributed by atoms with Crippen LogP contribution in [-0.4, -0.2) is 69.2 Å². The third-order valence-electron chi connectivity index (χ3n) is 3.41. The molecule has 0 radical (unpaired) electrons. The van der Waals surface area contributed by atoms with E-state index in [4.69, 9.17) is 25.5 Å². The maximum atomic E-state index is 11.4. The minimum Gasteiger partial charge on any atom is -0.478 e. The first-order chi connectivity index (χ1) is 13.8. The number of carboxylic acids is 2. The molecule has 0 aliphatic rings. The van der Waals surface area contributed by atoms with Gasteiger partial charge >= 0.3 is 23.9 Å². The molecule has 0 aliphatic carbocycles. The summed E-state index contributed by atoms with van der Waals surface area (Å²) in [7, 11) is 0. The van der Waals surface area contributed by atoms with Crippen molar-refractivity contribution in [2.45, 2.75) is 27.2 Å². The predicted octanol–water partition coefficient (Wildman–Crippen LogP) is 0.0373. The molecule has 0 aromatic heterocycles. The Labute approximate surface area is 173 Å². The van der Waals surface area contributed by atoms with Gasteiger partial charge in [-0.2, -0.15) is 0 Å². The van der Waals surface area contributed by atoms with Crippen molar-refractivity contribution in [1.29, 1.82) is 0 Å². The molecule has 0 fully saturated rings. The average molecular weight is 426 g/mol. The molecule has 0 bridgehead atoms. The van der Waals surface area contributed by atoms with Crippen LogP contribution in [0.1, 0.15) is 27.2 Å². The second-order valence-electron chi connectivity index (χ2n) is 6.36. The van der Waals surface area contributed by atoms with Gasteiger partial charge < -0.3 is 30.3 Å². The Morgan fingerprint density at radius 3 is 1.80 bits per heavy atom. The van der Waals surface area contributed by atoms with Gasteiger partial charge in [-0.25, -0.2) is 19.2 Å². The summed E-state index contributed by atoms with van der Waals surface area (Å²) in [4.78, 5) is 43.7. The van der Waals surface area contributed by atoms with Crippen molar-refractivity contribution in [3.63, 3.8) is 0 Å². The zero-order valence-electron chi connectivity index (χ0n) is 17.0. The summed E-state index contributed by atoms with van der Waals surface area (Å²) in [6.45, 7) is 7.06. The predicted molar refractivity (Wildman–Crippen MR) is 105 cm³/mol. The van der Waals surface area contributed by atoms with Crippen LogP contribution in [0.5, 0.6) is 0 Å². The zero-order valence-corrected chi connectivity index (χ0v) is 17.0. The first-order valence-electron chi connectivity index (χ1n) is 8.41. The van der Waals surface area contributed by atoms with Gasteiger partial charge in [-0.05, 0) is 26.3 Å². The van der Waals surface area contributed by atoms with Gasteiger partial charge in [0.2, 0.25) is 0 Å². The van der Waals surface area contributed by atoms with Crippen LogP contribution >= 0.6 is 0 Å². The van der Waals surface area contributed by atoms with Crippen molar-refractivity contribution in [3.05, 3.63) is 35.5 Å². The highest BCUT2D eigenvalue weighted by Crippen LogP contribution is 2.11. The molecule has 166 valence electrons. The van der Waals surface area contributed by atoms with Gasteiger partial charge in [0.15, 0.2) is 0 Å². The van der Waals surface area contributed by atoms with Gasteiger partial charge in [0.1, 0.15) is 0 Å². The number of allylic oxidation sites excluding steroid dienone is 2. The quantitative estimate of drug-likeness (QED) is 0.117. The van der Waals surface area contributed by atoms with Crippen molar-refractivity contribution < 1.29 is 49.4 Å². The number of aliphatic hydroxyl groups excluding tert-OH is 3. The standard InChI is InChI=1S/C15H14O7.C5H12O3/c1-9(13(17)18)5-4-6-12(16)22-15(21)11(3)8-7-10(2)14(19)20;1-5(2-6,3-7)4-8/h5,7H,3,8H2,1-2H3,(H,17,18)(H,19,20);6-8H,2-4H2,1H3. The van der Waals surface area contributed by atoms with Crippen LogP contribution < -0.4 is 0 Å². The Bertz CT molecular complexity index is 765. The number of esters is 2. The summed E-state index contributed by atoms with van der Waals surface area (Å²) < 4.78 is 4.34. The van der Waals surface area contributed by atoms with E-state index in [0.717, 1.165) is 6.08 Å². The number of hydrogen-bond donors (Lipinski definition) is 5. The molecule has 0 aliphatic heterocycles. The minimum absolute atomic E-state index is 0.0225. The van der Waals surface area contributed by atoms with E-state index >= 15 is 0 Å². The second-order valence-corrected chi connectivity index (χ2v) is 6.36. The molecule has 0 aromatic rings. The van der Waals surface area contributed by atoms with Crippen LogP contribution in [-0.2, 0) is 23.9 Å². The number of aliphatic hydroxyl groups is 3. The molecule has 0 aromatic carbocycles. The third-order valence-corrected chi connectivity index (χ3v) is 3.41. The number of carbonyl (C=O) groups is 4. The van der Waals surface area contributed by atoms with E-state index < -0.39 is 29.3 Å². The van der Waals surface area contributed by atoms with Crippen LogP contribution in [0.4, 0.5) is 0 Å². The van der Waals surface area contributed by atoms with Crippen molar-refractivity contribution >= 4 is 23.9 Å². The molecule has 0 atom stereocenters. The average Bonchev–Trinajstić information content (AvgIpc) is 2.70. The Balaban J connectivity index is 0. The summed E-state index contributed by atoms with van der Waals surface area (Å²) in [6.07, 6.45) is 2.15. The first kappa shape index (κ1) is 28.9. The van der Waals surface area contributed by atoms with Gasteiger partial charge in [-0.3, -0.25) is 0 Å². The van der Waals surface area contributed by atoms with E-state index in [9.17, 15) is 19.2 Å². The normalized spacial score (nSPS) is 11.3. The van der Waals surface area contributed by atoms with Crippen LogP contribution in [0.3, 0.4) is 0 Å². The number of ether oxygens (including phenoxy) is 1. The van der Waals surface area contributed by atoms with E-state index in [1.807, 2.05) is 5.92 Å². The molecule has 10 nitrogen and oxygen atoms in total. The molecule has 0 rings (SSSR count). The molecule has 30 heavy (non-hydrogen) atoms. The Hall–Kier alpha value is -3.26. The Kier molecular flexibility index (Phi) is 14.2. The maximum absolute atomic E-state index is 11.4. The molecule has 10 heteroatoms. The summed E-state index contributed by atoms with van der Waals surface area (Å²) in [5, 5.41) is 42.6. The van der Waals surface area contributed by atoms with E-state index in [-0.39, 0.29) is 43.0 Å². The van der Waals surface area contributed by atoms with Crippen LogP contribution in [0.25, 0.3) is 0 Å². The number of carboxylic acid groups (broad SMARTS) is 2. The lowest BCUT2D eigenvalue weighted by molar-refractivity contribution is -0.152. The third kappa shape index (κ3) is 13.0. The lowest BCUT2D eigenvalue weighted by atomic mass is 9.95.